The van der Waals surface area contributed by atoms with Gasteiger partial charge in [-0.3, -0.25) is 4.79 Å². The molecule has 0 bridgehead atoms. The van der Waals surface area contributed by atoms with Crippen molar-refractivity contribution in [2.45, 2.75) is 112 Å². The van der Waals surface area contributed by atoms with Crippen molar-refractivity contribution < 1.29 is 29.6 Å². The second-order valence-electron chi connectivity index (χ2n) is 16.5. The molecule has 0 radical (unpaired) electrons. The average Bonchev–Trinajstić information content (AvgIpc) is 2.94. The number of aliphatic hydroxyl groups is 1. The molecule has 43 heavy (non-hydrogen) atoms. The van der Waals surface area contributed by atoms with Gasteiger partial charge in [0.1, 0.15) is 17.6 Å². The summed E-state index contributed by atoms with van der Waals surface area (Å²) in [6.07, 6.45) is 7.14. The summed E-state index contributed by atoms with van der Waals surface area (Å²) in [6, 6.07) is 7.05. The van der Waals surface area contributed by atoms with Crippen LogP contribution in [0.25, 0.3) is 0 Å². The molecule has 0 aromatic heterocycles. The molecule has 0 unspecified atom stereocenters. The van der Waals surface area contributed by atoms with Crippen molar-refractivity contribution in [3.8, 4) is 11.5 Å². The number of carboxylic acids is 1. The smallest absolute Gasteiger partial charge is 0.310 e. The summed E-state index contributed by atoms with van der Waals surface area (Å²) in [6.45, 7) is 16.4. The van der Waals surface area contributed by atoms with E-state index in [0.717, 1.165) is 37.9 Å². The summed E-state index contributed by atoms with van der Waals surface area (Å²) in [4.78, 5) is 13.1. The molecule has 5 aliphatic carbocycles. The number of carbonyl (C=O) groups is 1. The third kappa shape index (κ3) is 4.00. The quantitative estimate of drug-likeness (QED) is 0.313. The Morgan fingerprint density at radius 3 is 2.23 bits per heavy atom. The van der Waals surface area contributed by atoms with E-state index in [9.17, 15) is 20.1 Å². The van der Waals surface area contributed by atoms with E-state index >= 15 is 0 Å². The van der Waals surface area contributed by atoms with Crippen LogP contribution in [-0.4, -0.2) is 46.7 Å². The van der Waals surface area contributed by atoms with Crippen molar-refractivity contribution in [1.82, 2.24) is 0 Å². The van der Waals surface area contributed by atoms with Crippen molar-refractivity contribution >= 4 is 5.97 Å². The molecule has 0 spiro atoms. The standard InChI is InChI=1S/C37H54O6/c1-21-13-18-37(32(40)41)20-19-35(6)28(27(37)22(21)2)29(39)30(42-8)31-34(5)16-15-26(43-24-11-9-23(38)10-12-24)33(3,4)25(34)14-17-36(31,35)7/h9-13,22,25-31,38-39H,14-20H2,1-8H3,(H,40,41)/t22-,25-,26-,27-,28-,29+,30+,31+,34-,35+,36+,37+/m0/s1. The number of hydrogen-bond donors (Lipinski definition) is 3. The SMILES string of the molecule is CO[C@@H]1[C@H](O)[C@@H]2[C@@H]3[C@@H](C)C(C)=CC[C@@]3(C(=O)O)CC[C@@]2(C)[C@]2(C)CC[C@H]3C(C)(C)[C@@H](Oc4ccc(O)cc4)CC[C@]3(C)[C@@H]12. The minimum atomic E-state index is -0.835. The van der Waals surface area contributed by atoms with Gasteiger partial charge in [-0.2, -0.15) is 0 Å². The van der Waals surface area contributed by atoms with E-state index in [1.165, 1.54) is 5.57 Å². The number of benzene rings is 1. The van der Waals surface area contributed by atoms with Gasteiger partial charge in [-0.15, -0.1) is 0 Å². The van der Waals surface area contributed by atoms with Gasteiger partial charge in [0.2, 0.25) is 0 Å². The number of phenols is 1. The van der Waals surface area contributed by atoms with Crippen LogP contribution in [-0.2, 0) is 9.53 Å². The van der Waals surface area contributed by atoms with Crippen LogP contribution in [0.4, 0.5) is 0 Å². The van der Waals surface area contributed by atoms with E-state index < -0.39 is 17.5 Å². The molecular formula is C37H54O6. The second kappa shape index (κ2) is 9.97. The van der Waals surface area contributed by atoms with E-state index in [-0.39, 0.29) is 63.3 Å². The fourth-order valence-corrected chi connectivity index (χ4v) is 12.4. The summed E-state index contributed by atoms with van der Waals surface area (Å²) < 4.78 is 13.0. The monoisotopic (exact) mass is 594 g/mol. The Labute approximate surface area is 258 Å². The highest BCUT2D eigenvalue weighted by Crippen LogP contribution is 2.77. The third-order valence-corrected chi connectivity index (χ3v) is 14.9. The van der Waals surface area contributed by atoms with E-state index in [1.54, 1.807) is 19.2 Å². The summed E-state index contributed by atoms with van der Waals surface area (Å²) in [5, 5.41) is 33.1. The molecule has 6 nitrogen and oxygen atoms in total. The van der Waals surface area contributed by atoms with Crippen molar-refractivity contribution in [2.24, 2.45) is 56.7 Å². The van der Waals surface area contributed by atoms with Gasteiger partial charge in [0, 0.05) is 12.5 Å². The molecule has 0 amide bonds. The topological polar surface area (TPSA) is 96.2 Å². The number of fused-ring (bicyclic) bond motifs is 7. The molecule has 4 saturated carbocycles. The number of allylic oxidation sites excluding steroid dienone is 2. The summed E-state index contributed by atoms with van der Waals surface area (Å²) >= 11 is 0. The number of phenolic OH excluding ortho intramolecular Hbond substituents is 1. The van der Waals surface area contributed by atoms with Crippen molar-refractivity contribution in [3.05, 3.63) is 35.9 Å². The van der Waals surface area contributed by atoms with Crippen LogP contribution in [0, 0.1) is 56.7 Å². The van der Waals surface area contributed by atoms with Gasteiger partial charge < -0.3 is 24.8 Å². The Hall–Kier alpha value is -2.05. The molecule has 12 atom stereocenters. The molecule has 0 heterocycles. The zero-order valence-corrected chi connectivity index (χ0v) is 27.5. The second-order valence-corrected chi connectivity index (χ2v) is 16.5. The lowest BCUT2D eigenvalue weighted by Gasteiger charge is -2.75. The zero-order chi connectivity index (χ0) is 31.3. The molecule has 3 N–H and O–H groups in total. The van der Waals surface area contributed by atoms with E-state index in [0.29, 0.717) is 18.8 Å². The maximum absolute atomic E-state index is 13.1. The first kappa shape index (κ1) is 31.0. The molecule has 6 heteroatoms. The minimum absolute atomic E-state index is 0.0426. The molecule has 5 aliphatic rings. The van der Waals surface area contributed by atoms with E-state index in [4.69, 9.17) is 9.47 Å². The van der Waals surface area contributed by atoms with Crippen LogP contribution in [0.15, 0.2) is 35.9 Å². The Kier molecular flexibility index (Phi) is 7.18. The van der Waals surface area contributed by atoms with Gasteiger partial charge in [-0.05, 0) is 122 Å². The van der Waals surface area contributed by atoms with E-state index in [2.05, 4.69) is 54.5 Å². The largest absolute Gasteiger partial charge is 0.508 e. The Balaban J connectivity index is 1.40. The van der Waals surface area contributed by atoms with E-state index in [1.807, 2.05) is 12.1 Å². The maximum atomic E-state index is 13.1. The molecule has 0 saturated heterocycles. The summed E-state index contributed by atoms with van der Waals surface area (Å²) in [7, 11) is 1.76. The lowest BCUT2D eigenvalue weighted by Crippen LogP contribution is -2.75. The van der Waals surface area contributed by atoms with Crippen molar-refractivity contribution in [2.75, 3.05) is 7.11 Å². The van der Waals surface area contributed by atoms with Gasteiger partial charge in [-0.1, -0.05) is 53.2 Å². The number of hydrogen-bond acceptors (Lipinski definition) is 5. The number of methoxy groups -OCH3 is 1. The normalized spacial score (nSPS) is 48.5. The first-order valence-electron chi connectivity index (χ1n) is 16.6. The number of aliphatic carboxylic acids is 1. The van der Waals surface area contributed by atoms with Gasteiger partial charge >= 0.3 is 5.97 Å². The molecule has 1 aromatic rings. The molecule has 238 valence electrons. The molecular weight excluding hydrogens is 540 g/mol. The maximum Gasteiger partial charge on any atom is 0.310 e. The van der Waals surface area contributed by atoms with Crippen LogP contribution in [0.5, 0.6) is 11.5 Å². The fourth-order valence-electron chi connectivity index (χ4n) is 12.4. The third-order valence-electron chi connectivity index (χ3n) is 14.9. The van der Waals surface area contributed by atoms with Gasteiger partial charge in [0.25, 0.3) is 0 Å². The Morgan fingerprint density at radius 2 is 1.60 bits per heavy atom. The first-order chi connectivity index (χ1) is 20.1. The van der Waals surface area contributed by atoms with Gasteiger partial charge in [0.05, 0.1) is 17.6 Å². The highest BCUT2D eigenvalue weighted by molar-refractivity contribution is 5.76. The minimum Gasteiger partial charge on any atom is -0.508 e. The summed E-state index contributed by atoms with van der Waals surface area (Å²) in [5.74, 6) is 0.655. The predicted octanol–water partition coefficient (Wildman–Crippen LogP) is 7.48. The highest BCUT2D eigenvalue weighted by atomic mass is 16.5. The molecule has 1 aromatic carbocycles. The Morgan fingerprint density at radius 1 is 0.930 bits per heavy atom. The number of carboxylic acid groups (broad SMARTS) is 1. The number of rotatable bonds is 4. The van der Waals surface area contributed by atoms with Crippen molar-refractivity contribution in [3.63, 3.8) is 0 Å². The number of ether oxygens (including phenoxy) is 2. The molecule has 4 fully saturated rings. The zero-order valence-electron chi connectivity index (χ0n) is 27.5. The Bertz CT molecular complexity index is 1290. The van der Waals surface area contributed by atoms with Crippen molar-refractivity contribution in [1.29, 1.82) is 0 Å². The van der Waals surface area contributed by atoms with Crippen LogP contribution in [0.2, 0.25) is 0 Å². The fraction of sp³-hybridized carbons (Fsp3) is 0.757. The first-order valence-corrected chi connectivity index (χ1v) is 16.6. The molecule has 6 rings (SSSR count). The lowest BCUT2D eigenvalue weighted by molar-refractivity contribution is -0.311. The number of aromatic hydroxyl groups is 1. The lowest BCUT2D eigenvalue weighted by atomic mass is 9.30. The van der Waals surface area contributed by atoms with Crippen LogP contribution in [0.1, 0.15) is 93.4 Å². The predicted molar refractivity (Wildman–Crippen MR) is 167 cm³/mol. The van der Waals surface area contributed by atoms with Crippen LogP contribution >= 0.6 is 0 Å². The molecule has 0 aliphatic heterocycles. The van der Waals surface area contributed by atoms with Gasteiger partial charge in [-0.25, -0.2) is 0 Å². The number of aliphatic hydroxyl groups excluding tert-OH is 1. The van der Waals surface area contributed by atoms with Crippen LogP contribution in [0.3, 0.4) is 0 Å². The van der Waals surface area contributed by atoms with Gasteiger partial charge in [0.15, 0.2) is 0 Å². The average molecular weight is 595 g/mol. The summed E-state index contributed by atoms with van der Waals surface area (Å²) in [5.41, 5.74) is -0.0849. The van der Waals surface area contributed by atoms with Crippen LogP contribution < -0.4 is 4.74 Å². The highest BCUT2D eigenvalue weighted by Gasteiger charge is 2.75.